The zero-order valence-electron chi connectivity index (χ0n) is 19.9. The first-order valence-corrected chi connectivity index (χ1v) is 10.9. The van der Waals surface area contributed by atoms with Gasteiger partial charge in [-0.15, -0.1) is 0 Å². The Bertz CT molecular complexity index is 932. The molecule has 0 N–H and O–H groups in total. The molecule has 0 bridgehead atoms. The SMILES string of the molecule is CC(=O)OC[C@H](Cc1cccc(OC(C)=O)c1)[C@H](COC(C)=O)Cc1cccc(OC(C)=O)c1. The maximum absolute atomic E-state index is 11.6. The van der Waals surface area contributed by atoms with Gasteiger partial charge in [-0.05, 0) is 48.2 Å². The highest BCUT2D eigenvalue weighted by Gasteiger charge is 2.25. The van der Waals surface area contributed by atoms with Crippen LogP contribution in [0.3, 0.4) is 0 Å². The van der Waals surface area contributed by atoms with E-state index in [-0.39, 0.29) is 25.0 Å². The van der Waals surface area contributed by atoms with Gasteiger partial charge in [-0.25, -0.2) is 0 Å². The van der Waals surface area contributed by atoms with Crippen LogP contribution in [0.25, 0.3) is 0 Å². The van der Waals surface area contributed by atoms with Gasteiger partial charge in [0.05, 0.1) is 13.2 Å². The van der Waals surface area contributed by atoms with Crippen LogP contribution in [0, 0.1) is 11.8 Å². The molecule has 0 heterocycles. The molecule has 2 aromatic rings. The fraction of sp³-hybridized carbons (Fsp3) is 0.385. The number of hydrogen-bond donors (Lipinski definition) is 0. The molecule has 0 spiro atoms. The second-order valence-electron chi connectivity index (χ2n) is 8.02. The fourth-order valence-electron chi connectivity index (χ4n) is 3.58. The molecule has 2 atom stereocenters. The number of carbonyl (C=O) groups is 4. The van der Waals surface area contributed by atoms with E-state index in [1.165, 1.54) is 27.7 Å². The van der Waals surface area contributed by atoms with Crippen LogP contribution >= 0.6 is 0 Å². The Kier molecular flexibility index (Phi) is 10.3. The summed E-state index contributed by atoms with van der Waals surface area (Å²) < 4.78 is 21.0. The van der Waals surface area contributed by atoms with Crippen molar-refractivity contribution in [2.24, 2.45) is 11.8 Å². The quantitative estimate of drug-likeness (QED) is 0.362. The zero-order chi connectivity index (χ0) is 25.1. The monoisotopic (exact) mass is 470 g/mol. The van der Waals surface area contributed by atoms with Crippen LogP contribution in [-0.4, -0.2) is 37.1 Å². The first-order valence-electron chi connectivity index (χ1n) is 10.9. The Morgan fingerprint density at radius 3 is 1.32 bits per heavy atom. The summed E-state index contributed by atoms with van der Waals surface area (Å²) in [6.45, 7) is 5.56. The lowest BCUT2D eigenvalue weighted by Gasteiger charge is -2.27. The van der Waals surface area contributed by atoms with Crippen molar-refractivity contribution in [1.29, 1.82) is 0 Å². The van der Waals surface area contributed by atoms with Crippen molar-refractivity contribution in [3.63, 3.8) is 0 Å². The lowest BCUT2D eigenvalue weighted by molar-refractivity contribution is -0.147. The van der Waals surface area contributed by atoms with Gasteiger partial charge in [0.2, 0.25) is 0 Å². The minimum Gasteiger partial charge on any atom is -0.466 e. The maximum atomic E-state index is 11.6. The molecule has 0 aromatic heterocycles. The second kappa shape index (κ2) is 13.1. The Morgan fingerprint density at radius 1 is 0.618 bits per heavy atom. The molecular weight excluding hydrogens is 440 g/mol. The average Bonchev–Trinajstić information content (AvgIpc) is 2.73. The van der Waals surface area contributed by atoms with E-state index in [1.54, 1.807) is 36.4 Å². The molecule has 0 fully saturated rings. The van der Waals surface area contributed by atoms with Crippen molar-refractivity contribution >= 4 is 23.9 Å². The molecule has 8 nitrogen and oxygen atoms in total. The number of benzene rings is 2. The van der Waals surface area contributed by atoms with E-state index >= 15 is 0 Å². The van der Waals surface area contributed by atoms with E-state index in [9.17, 15) is 19.2 Å². The van der Waals surface area contributed by atoms with Gasteiger partial charge >= 0.3 is 23.9 Å². The standard InChI is InChI=1S/C26H30O8/c1-17(27)31-15-23(11-21-7-5-9-25(13-21)33-19(3)29)24(16-32-18(2)28)12-22-8-6-10-26(14-22)34-20(4)30/h5-10,13-14,23-24H,11-12,15-16H2,1-4H3/t23-,24-/m0/s1. The molecule has 0 radical (unpaired) electrons. The Hall–Kier alpha value is -3.68. The highest BCUT2D eigenvalue weighted by atomic mass is 16.5. The van der Waals surface area contributed by atoms with Gasteiger partial charge in [0.1, 0.15) is 11.5 Å². The van der Waals surface area contributed by atoms with E-state index in [0.717, 1.165) is 11.1 Å². The van der Waals surface area contributed by atoms with Crippen LogP contribution in [0.4, 0.5) is 0 Å². The zero-order valence-corrected chi connectivity index (χ0v) is 19.9. The Labute approximate surface area is 199 Å². The van der Waals surface area contributed by atoms with Gasteiger partial charge in [-0.2, -0.15) is 0 Å². The lowest BCUT2D eigenvalue weighted by Crippen LogP contribution is -2.29. The Balaban J connectivity index is 2.31. The number of ether oxygens (including phenoxy) is 4. The van der Waals surface area contributed by atoms with Gasteiger partial charge < -0.3 is 18.9 Å². The summed E-state index contributed by atoms with van der Waals surface area (Å²) in [4.78, 5) is 45.8. The lowest BCUT2D eigenvalue weighted by atomic mass is 9.83. The van der Waals surface area contributed by atoms with Crippen molar-refractivity contribution in [1.82, 2.24) is 0 Å². The first kappa shape index (κ1) is 26.6. The first-order chi connectivity index (χ1) is 16.1. The van der Waals surface area contributed by atoms with Gasteiger partial charge in [0, 0.05) is 39.5 Å². The third-order valence-corrected chi connectivity index (χ3v) is 4.98. The summed E-state index contributed by atoms with van der Waals surface area (Å²) in [5.41, 5.74) is 1.75. The summed E-state index contributed by atoms with van der Waals surface area (Å²) in [5, 5.41) is 0. The van der Waals surface area contributed by atoms with Crippen LogP contribution in [-0.2, 0) is 41.5 Å². The maximum Gasteiger partial charge on any atom is 0.308 e. The molecule has 2 rings (SSSR count). The third-order valence-electron chi connectivity index (χ3n) is 4.98. The summed E-state index contributed by atoms with van der Waals surface area (Å²) in [7, 11) is 0. The van der Waals surface area contributed by atoms with E-state index < -0.39 is 23.9 Å². The molecule has 0 aliphatic carbocycles. The summed E-state index contributed by atoms with van der Waals surface area (Å²) >= 11 is 0. The molecule has 2 aromatic carbocycles. The molecule has 0 amide bonds. The molecule has 0 unspecified atom stereocenters. The number of carbonyl (C=O) groups excluding carboxylic acids is 4. The molecule has 182 valence electrons. The molecule has 0 saturated carbocycles. The van der Waals surface area contributed by atoms with Crippen LogP contribution in [0.2, 0.25) is 0 Å². The molecule has 8 heteroatoms. The van der Waals surface area contributed by atoms with Gasteiger partial charge in [-0.1, -0.05) is 24.3 Å². The van der Waals surface area contributed by atoms with E-state index in [1.807, 2.05) is 12.1 Å². The Morgan fingerprint density at radius 2 is 1.00 bits per heavy atom. The second-order valence-corrected chi connectivity index (χ2v) is 8.02. The van der Waals surface area contributed by atoms with E-state index in [0.29, 0.717) is 24.3 Å². The smallest absolute Gasteiger partial charge is 0.308 e. The molecular formula is C26H30O8. The van der Waals surface area contributed by atoms with Crippen molar-refractivity contribution in [3.05, 3.63) is 59.7 Å². The van der Waals surface area contributed by atoms with Crippen LogP contribution in [0.1, 0.15) is 38.8 Å². The minimum absolute atomic E-state index is 0.114. The summed E-state index contributed by atoms with van der Waals surface area (Å²) in [6, 6.07) is 14.2. The van der Waals surface area contributed by atoms with E-state index in [2.05, 4.69) is 0 Å². The predicted molar refractivity (Wildman–Crippen MR) is 123 cm³/mol. The summed E-state index contributed by atoms with van der Waals surface area (Å²) in [5.74, 6) is -1.27. The topological polar surface area (TPSA) is 105 Å². The fourth-order valence-corrected chi connectivity index (χ4v) is 3.58. The van der Waals surface area contributed by atoms with Crippen molar-refractivity contribution < 1.29 is 38.1 Å². The number of esters is 4. The number of hydrogen-bond acceptors (Lipinski definition) is 8. The van der Waals surface area contributed by atoms with Crippen LogP contribution in [0.15, 0.2) is 48.5 Å². The van der Waals surface area contributed by atoms with Crippen molar-refractivity contribution in [2.45, 2.75) is 40.5 Å². The van der Waals surface area contributed by atoms with Gasteiger partial charge in [-0.3, -0.25) is 19.2 Å². The van der Waals surface area contributed by atoms with Crippen molar-refractivity contribution in [2.75, 3.05) is 13.2 Å². The normalized spacial score (nSPS) is 12.2. The van der Waals surface area contributed by atoms with Gasteiger partial charge in [0.25, 0.3) is 0 Å². The predicted octanol–water partition coefficient (Wildman–Crippen LogP) is 3.68. The van der Waals surface area contributed by atoms with Crippen LogP contribution in [0.5, 0.6) is 11.5 Å². The summed E-state index contributed by atoms with van der Waals surface area (Å²) in [6.07, 6.45) is 0.968. The molecule has 0 aliphatic rings. The molecule has 0 saturated heterocycles. The highest BCUT2D eigenvalue weighted by Crippen LogP contribution is 2.26. The van der Waals surface area contributed by atoms with Crippen LogP contribution < -0.4 is 9.47 Å². The number of rotatable bonds is 11. The van der Waals surface area contributed by atoms with Crippen molar-refractivity contribution in [3.8, 4) is 11.5 Å². The third kappa shape index (κ3) is 9.85. The van der Waals surface area contributed by atoms with Gasteiger partial charge in [0.15, 0.2) is 0 Å². The minimum atomic E-state index is -0.422. The molecule has 0 aliphatic heterocycles. The largest absolute Gasteiger partial charge is 0.466 e. The van der Waals surface area contributed by atoms with E-state index in [4.69, 9.17) is 18.9 Å². The molecule has 34 heavy (non-hydrogen) atoms. The highest BCUT2D eigenvalue weighted by molar-refractivity contribution is 5.69. The average molecular weight is 471 g/mol.